The second-order valence-corrected chi connectivity index (χ2v) is 5.64. The summed E-state index contributed by atoms with van der Waals surface area (Å²) >= 11 is 12.4. The van der Waals surface area contributed by atoms with Crippen molar-refractivity contribution >= 4 is 34.2 Å². The van der Waals surface area contributed by atoms with Crippen molar-refractivity contribution in [3.63, 3.8) is 0 Å². The highest BCUT2D eigenvalue weighted by molar-refractivity contribution is 6.35. The van der Waals surface area contributed by atoms with Crippen molar-refractivity contribution in [3.8, 4) is 0 Å². The summed E-state index contributed by atoms with van der Waals surface area (Å²) < 4.78 is 7.67. The normalized spacial score (nSPS) is 23.3. The molecular formula is C14H16Cl2N2O. The lowest BCUT2D eigenvalue weighted by molar-refractivity contribution is 0.106. The summed E-state index contributed by atoms with van der Waals surface area (Å²) in [5, 5.41) is 0.738. The van der Waals surface area contributed by atoms with Crippen molar-refractivity contribution < 1.29 is 4.74 Å². The van der Waals surface area contributed by atoms with E-state index in [2.05, 4.69) is 9.55 Å². The van der Waals surface area contributed by atoms with E-state index in [1.165, 1.54) is 0 Å². The van der Waals surface area contributed by atoms with Gasteiger partial charge in [0.05, 0.1) is 28.0 Å². The summed E-state index contributed by atoms with van der Waals surface area (Å²) in [5.41, 5.74) is 1.92. The second kappa shape index (κ2) is 5.31. The zero-order valence-electron chi connectivity index (χ0n) is 10.8. The summed E-state index contributed by atoms with van der Waals surface area (Å²) in [6.07, 6.45) is 3.48. The van der Waals surface area contributed by atoms with E-state index in [1.54, 1.807) is 7.11 Å². The fourth-order valence-corrected chi connectivity index (χ4v) is 3.46. The summed E-state index contributed by atoms with van der Waals surface area (Å²) in [6.45, 7) is 0. The Morgan fingerprint density at radius 1 is 1.42 bits per heavy atom. The van der Waals surface area contributed by atoms with E-state index >= 15 is 0 Å². The lowest BCUT2D eigenvalue weighted by atomic mass is 10.2. The van der Waals surface area contributed by atoms with Crippen LogP contribution in [0, 0.1) is 0 Å². The zero-order chi connectivity index (χ0) is 13.4. The van der Waals surface area contributed by atoms with Crippen molar-refractivity contribution in [3.05, 3.63) is 29.0 Å². The third-order valence-electron chi connectivity index (χ3n) is 3.91. The van der Waals surface area contributed by atoms with Gasteiger partial charge in [-0.3, -0.25) is 0 Å². The molecule has 0 saturated heterocycles. The van der Waals surface area contributed by atoms with Gasteiger partial charge in [-0.05, 0) is 31.4 Å². The van der Waals surface area contributed by atoms with Gasteiger partial charge in [0.25, 0.3) is 0 Å². The van der Waals surface area contributed by atoms with E-state index in [0.29, 0.717) is 18.0 Å². The molecule has 0 N–H and O–H groups in total. The molecule has 0 radical (unpaired) electrons. The maximum Gasteiger partial charge on any atom is 0.125 e. The van der Waals surface area contributed by atoms with Crippen molar-refractivity contribution in [1.29, 1.82) is 0 Å². The molecular weight excluding hydrogens is 283 g/mol. The first-order chi connectivity index (χ1) is 9.24. The average molecular weight is 299 g/mol. The van der Waals surface area contributed by atoms with E-state index in [0.717, 1.165) is 41.1 Å². The Hall–Kier alpha value is -0.770. The number of para-hydroxylation sites is 1. The molecule has 1 aliphatic rings. The Bertz CT molecular complexity index is 596. The van der Waals surface area contributed by atoms with Gasteiger partial charge in [0, 0.05) is 13.2 Å². The second-order valence-electron chi connectivity index (χ2n) is 4.96. The molecule has 2 aromatic rings. The van der Waals surface area contributed by atoms with Crippen LogP contribution in [0.3, 0.4) is 0 Å². The van der Waals surface area contributed by atoms with Gasteiger partial charge in [-0.15, -0.1) is 11.6 Å². The number of imidazole rings is 1. The minimum absolute atomic E-state index is 0.327. The van der Waals surface area contributed by atoms with E-state index in [1.807, 2.05) is 18.2 Å². The third-order valence-corrected chi connectivity index (χ3v) is 4.45. The Balaban J connectivity index is 2.11. The third kappa shape index (κ3) is 2.24. The largest absolute Gasteiger partial charge is 0.381 e. The number of rotatable bonds is 3. The lowest BCUT2D eigenvalue weighted by Gasteiger charge is -2.16. The number of ether oxygens (including phenoxy) is 1. The van der Waals surface area contributed by atoms with Crippen molar-refractivity contribution in [2.75, 3.05) is 7.11 Å². The van der Waals surface area contributed by atoms with E-state index in [4.69, 9.17) is 27.9 Å². The highest BCUT2D eigenvalue weighted by Gasteiger charge is 2.29. The van der Waals surface area contributed by atoms with E-state index in [9.17, 15) is 0 Å². The van der Waals surface area contributed by atoms with Crippen molar-refractivity contribution in [1.82, 2.24) is 9.55 Å². The van der Waals surface area contributed by atoms with Crippen LogP contribution in [0.25, 0.3) is 11.0 Å². The van der Waals surface area contributed by atoms with Gasteiger partial charge in [-0.1, -0.05) is 17.7 Å². The van der Waals surface area contributed by atoms with Gasteiger partial charge in [0.2, 0.25) is 0 Å². The van der Waals surface area contributed by atoms with Crippen molar-refractivity contribution in [2.45, 2.75) is 37.3 Å². The SMILES string of the molecule is COC1CCC(n2c(CCl)nc3cccc(Cl)c32)C1. The molecule has 2 unspecified atom stereocenters. The van der Waals surface area contributed by atoms with Gasteiger partial charge in [-0.25, -0.2) is 4.98 Å². The summed E-state index contributed by atoms with van der Waals surface area (Å²) in [4.78, 5) is 4.59. The van der Waals surface area contributed by atoms with Crippen LogP contribution >= 0.6 is 23.2 Å². The number of hydrogen-bond donors (Lipinski definition) is 0. The number of alkyl halides is 1. The summed E-state index contributed by atoms with van der Waals surface area (Å²) in [7, 11) is 1.77. The number of halogens is 2. The fourth-order valence-electron chi connectivity index (χ4n) is 3.01. The molecule has 5 heteroatoms. The molecule has 1 saturated carbocycles. The molecule has 0 amide bonds. The molecule has 1 aliphatic carbocycles. The van der Waals surface area contributed by atoms with Crippen LogP contribution in [-0.4, -0.2) is 22.8 Å². The number of methoxy groups -OCH3 is 1. The molecule has 102 valence electrons. The highest BCUT2D eigenvalue weighted by Crippen LogP contribution is 2.37. The molecule has 3 nitrogen and oxygen atoms in total. The van der Waals surface area contributed by atoms with Crippen LogP contribution in [0.15, 0.2) is 18.2 Å². The topological polar surface area (TPSA) is 27.1 Å². The van der Waals surface area contributed by atoms with Gasteiger partial charge in [0.15, 0.2) is 0 Å². The zero-order valence-corrected chi connectivity index (χ0v) is 12.3. The highest BCUT2D eigenvalue weighted by atomic mass is 35.5. The molecule has 0 spiro atoms. The molecule has 19 heavy (non-hydrogen) atoms. The Morgan fingerprint density at radius 3 is 2.95 bits per heavy atom. The first kappa shape index (κ1) is 13.2. The van der Waals surface area contributed by atoms with E-state index in [-0.39, 0.29) is 0 Å². The van der Waals surface area contributed by atoms with Crippen LogP contribution in [-0.2, 0) is 10.6 Å². The van der Waals surface area contributed by atoms with Crippen LogP contribution in [0.4, 0.5) is 0 Å². The van der Waals surface area contributed by atoms with Gasteiger partial charge < -0.3 is 9.30 Å². The number of benzene rings is 1. The molecule has 0 bridgehead atoms. The Labute approximate surface area is 122 Å². The molecule has 0 aliphatic heterocycles. The van der Waals surface area contributed by atoms with Crippen LogP contribution in [0.5, 0.6) is 0 Å². The maximum atomic E-state index is 6.35. The van der Waals surface area contributed by atoms with Crippen molar-refractivity contribution in [2.24, 2.45) is 0 Å². The monoisotopic (exact) mass is 298 g/mol. The van der Waals surface area contributed by atoms with E-state index < -0.39 is 0 Å². The van der Waals surface area contributed by atoms with Crippen LogP contribution < -0.4 is 0 Å². The number of hydrogen-bond acceptors (Lipinski definition) is 2. The number of nitrogens with zero attached hydrogens (tertiary/aromatic N) is 2. The maximum absolute atomic E-state index is 6.35. The molecule has 1 heterocycles. The standard InChI is InChI=1S/C14H16Cl2N2O/c1-19-10-6-5-9(7-10)18-13(8-15)17-12-4-2-3-11(16)14(12)18/h2-4,9-10H,5-8H2,1H3. The number of fused-ring (bicyclic) bond motifs is 1. The summed E-state index contributed by atoms with van der Waals surface area (Å²) in [5.74, 6) is 1.30. The molecule has 1 fully saturated rings. The first-order valence-electron chi connectivity index (χ1n) is 6.48. The molecule has 1 aromatic heterocycles. The predicted molar refractivity (Wildman–Crippen MR) is 78.0 cm³/mol. The molecule has 2 atom stereocenters. The lowest BCUT2D eigenvalue weighted by Crippen LogP contribution is -2.11. The van der Waals surface area contributed by atoms with Crippen LogP contribution in [0.1, 0.15) is 31.1 Å². The minimum Gasteiger partial charge on any atom is -0.381 e. The fraction of sp³-hybridized carbons (Fsp3) is 0.500. The first-order valence-corrected chi connectivity index (χ1v) is 7.40. The van der Waals surface area contributed by atoms with Gasteiger partial charge >= 0.3 is 0 Å². The van der Waals surface area contributed by atoms with Gasteiger partial charge in [0.1, 0.15) is 5.82 Å². The quantitative estimate of drug-likeness (QED) is 0.795. The summed E-state index contributed by atoms with van der Waals surface area (Å²) in [6, 6.07) is 6.19. The minimum atomic E-state index is 0.327. The predicted octanol–water partition coefficient (Wildman–Crippen LogP) is 4.17. The Kier molecular flexibility index (Phi) is 3.70. The van der Waals surface area contributed by atoms with Gasteiger partial charge in [-0.2, -0.15) is 0 Å². The smallest absolute Gasteiger partial charge is 0.125 e. The molecule has 1 aromatic carbocycles. The van der Waals surface area contributed by atoms with Crippen LogP contribution in [0.2, 0.25) is 5.02 Å². The molecule has 3 rings (SSSR count). The average Bonchev–Trinajstić information content (AvgIpc) is 3.02. The Morgan fingerprint density at radius 2 is 2.26 bits per heavy atom. The number of aromatic nitrogens is 2.